The lowest BCUT2D eigenvalue weighted by Gasteiger charge is -2.28. The Balaban J connectivity index is 1.45. The number of benzene rings is 2. The Morgan fingerprint density at radius 3 is 2.69 bits per heavy atom. The lowest BCUT2D eigenvalue weighted by Crippen LogP contribution is -2.38. The van der Waals surface area contributed by atoms with E-state index in [0.717, 1.165) is 12.0 Å². The summed E-state index contributed by atoms with van der Waals surface area (Å²) in [5, 5.41) is 0.523. The van der Waals surface area contributed by atoms with Gasteiger partial charge in [-0.15, -0.1) is 0 Å². The van der Waals surface area contributed by atoms with Gasteiger partial charge in [0.05, 0.1) is 7.11 Å². The van der Waals surface area contributed by atoms with Gasteiger partial charge in [0.25, 0.3) is 5.91 Å². The molecule has 0 atom stereocenters. The molecule has 0 spiro atoms. The van der Waals surface area contributed by atoms with Gasteiger partial charge >= 0.3 is 11.6 Å². The highest BCUT2D eigenvalue weighted by Crippen LogP contribution is 2.24. The van der Waals surface area contributed by atoms with Crippen LogP contribution in [0.1, 0.15) is 21.5 Å². The van der Waals surface area contributed by atoms with Crippen LogP contribution in [0.25, 0.3) is 11.0 Å². The fourth-order valence-corrected chi connectivity index (χ4v) is 3.43. The van der Waals surface area contributed by atoms with Crippen LogP contribution < -0.4 is 10.4 Å². The van der Waals surface area contributed by atoms with Crippen LogP contribution >= 0.6 is 0 Å². The Labute approximate surface area is 166 Å². The predicted octanol–water partition coefficient (Wildman–Crippen LogP) is 2.54. The minimum atomic E-state index is -0.894. The molecule has 2 aromatic carbocycles. The summed E-state index contributed by atoms with van der Waals surface area (Å²) in [6, 6.07) is 14.4. The van der Waals surface area contributed by atoms with E-state index in [-0.39, 0.29) is 17.1 Å². The summed E-state index contributed by atoms with van der Waals surface area (Å²) in [5.41, 5.74) is 1.45. The topological polar surface area (TPSA) is 86.0 Å². The minimum Gasteiger partial charge on any atom is -0.493 e. The third-order valence-corrected chi connectivity index (χ3v) is 4.97. The first kappa shape index (κ1) is 18.7. The van der Waals surface area contributed by atoms with E-state index in [1.165, 1.54) is 18.7 Å². The van der Waals surface area contributed by atoms with Crippen LogP contribution in [0.3, 0.4) is 0 Å². The van der Waals surface area contributed by atoms with Crippen LogP contribution in [0, 0.1) is 0 Å². The smallest absolute Gasteiger partial charge is 0.351 e. The number of fused-ring (bicyclic) bond motifs is 2. The molecule has 1 aromatic heterocycles. The first-order valence-corrected chi connectivity index (χ1v) is 9.19. The van der Waals surface area contributed by atoms with Gasteiger partial charge in [-0.1, -0.05) is 36.4 Å². The van der Waals surface area contributed by atoms with Crippen molar-refractivity contribution in [2.75, 3.05) is 20.3 Å². The van der Waals surface area contributed by atoms with Gasteiger partial charge in [0.2, 0.25) is 0 Å². The van der Waals surface area contributed by atoms with E-state index in [1.54, 1.807) is 23.1 Å². The number of methoxy groups -OCH3 is 1. The summed E-state index contributed by atoms with van der Waals surface area (Å²) in [4.78, 5) is 38.7. The number of nitrogens with zero attached hydrogens (tertiary/aromatic N) is 1. The van der Waals surface area contributed by atoms with Gasteiger partial charge in [-0.2, -0.15) is 0 Å². The standard InChI is InChI=1S/C22H19NO6/c1-27-18-8-4-7-15-11-17(22(26)29-20(15)18)21(25)28-13-19(24)23-10-9-14-5-2-3-6-16(14)12-23/h2-8,11H,9-10,12-13H2,1H3. The lowest BCUT2D eigenvalue weighted by atomic mass is 10.00. The van der Waals surface area contributed by atoms with Crippen molar-refractivity contribution < 1.29 is 23.5 Å². The Morgan fingerprint density at radius 1 is 1.10 bits per heavy atom. The molecule has 0 N–H and O–H groups in total. The van der Waals surface area contributed by atoms with E-state index in [4.69, 9.17) is 13.9 Å². The number of hydrogen-bond donors (Lipinski definition) is 0. The van der Waals surface area contributed by atoms with E-state index >= 15 is 0 Å². The minimum absolute atomic E-state index is 0.250. The molecule has 3 aromatic rings. The Morgan fingerprint density at radius 2 is 1.90 bits per heavy atom. The molecular formula is C22H19NO6. The first-order chi connectivity index (χ1) is 14.1. The summed E-state index contributed by atoms with van der Waals surface area (Å²) in [6.07, 6.45) is 0.756. The fraction of sp³-hybridized carbons (Fsp3) is 0.227. The molecule has 7 heteroatoms. The SMILES string of the molecule is COc1cccc2cc(C(=O)OCC(=O)N3CCc4ccccc4C3)c(=O)oc12. The number of rotatable bonds is 4. The Kier molecular flexibility index (Phi) is 5.03. The number of carbonyl (C=O) groups is 2. The molecule has 148 valence electrons. The number of esters is 1. The molecule has 1 amide bonds. The second kappa shape index (κ2) is 7.79. The Hall–Kier alpha value is -3.61. The van der Waals surface area contributed by atoms with Crippen LogP contribution in [-0.4, -0.2) is 37.0 Å². The van der Waals surface area contributed by atoms with Crippen molar-refractivity contribution in [1.29, 1.82) is 0 Å². The highest BCUT2D eigenvalue weighted by Gasteiger charge is 2.23. The lowest BCUT2D eigenvalue weighted by molar-refractivity contribution is -0.135. The molecule has 2 heterocycles. The summed E-state index contributed by atoms with van der Waals surface area (Å²) in [5.74, 6) is -0.811. The van der Waals surface area contributed by atoms with Gasteiger partial charge in [0, 0.05) is 18.5 Å². The molecule has 29 heavy (non-hydrogen) atoms. The van der Waals surface area contributed by atoms with Crippen LogP contribution in [0.15, 0.2) is 57.7 Å². The van der Waals surface area contributed by atoms with Crippen molar-refractivity contribution in [2.45, 2.75) is 13.0 Å². The van der Waals surface area contributed by atoms with E-state index in [1.807, 2.05) is 24.3 Å². The maximum Gasteiger partial charge on any atom is 0.351 e. The van der Waals surface area contributed by atoms with Gasteiger partial charge in [-0.25, -0.2) is 9.59 Å². The summed E-state index contributed by atoms with van der Waals surface area (Å²) >= 11 is 0. The van der Waals surface area contributed by atoms with E-state index in [9.17, 15) is 14.4 Å². The van der Waals surface area contributed by atoms with Gasteiger partial charge < -0.3 is 18.8 Å². The van der Waals surface area contributed by atoms with Crippen LogP contribution in [0.5, 0.6) is 5.75 Å². The molecule has 0 aliphatic carbocycles. The average molecular weight is 393 g/mol. The Bertz CT molecular complexity index is 1150. The third kappa shape index (κ3) is 3.71. The molecule has 0 fully saturated rings. The predicted molar refractivity (Wildman–Crippen MR) is 105 cm³/mol. The number of hydrogen-bond acceptors (Lipinski definition) is 6. The molecule has 0 saturated carbocycles. The summed E-state index contributed by atoms with van der Waals surface area (Å²) < 4.78 is 15.5. The highest BCUT2D eigenvalue weighted by molar-refractivity contribution is 5.95. The number of amides is 1. The molecule has 1 aliphatic rings. The summed E-state index contributed by atoms with van der Waals surface area (Å²) in [7, 11) is 1.46. The zero-order chi connectivity index (χ0) is 20.4. The molecular weight excluding hydrogens is 374 g/mol. The van der Waals surface area contributed by atoms with Crippen LogP contribution in [0.4, 0.5) is 0 Å². The van der Waals surface area contributed by atoms with Gasteiger partial charge in [-0.05, 0) is 29.7 Å². The largest absolute Gasteiger partial charge is 0.493 e. The number of ether oxygens (including phenoxy) is 2. The van der Waals surface area contributed by atoms with Crippen LogP contribution in [-0.2, 0) is 22.5 Å². The van der Waals surface area contributed by atoms with E-state index in [2.05, 4.69) is 0 Å². The molecule has 0 saturated heterocycles. The monoisotopic (exact) mass is 393 g/mol. The second-order valence-corrected chi connectivity index (χ2v) is 6.74. The zero-order valence-corrected chi connectivity index (χ0v) is 15.8. The fourth-order valence-electron chi connectivity index (χ4n) is 3.43. The summed E-state index contributed by atoms with van der Waals surface area (Å²) in [6.45, 7) is 0.604. The van der Waals surface area contributed by atoms with Gasteiger partial charge in [-0.3, -0.25) is 4.79 Å². The van der Waals surface area contributed by atoms with Crippen molar-refractivity contribution in [2.24, 2.45) is 0 Å². The average Bonchev–Trinajstić information content (AvgIpc) is 2.76. The normalized spacial score (nSPS) is 13.1. The molecule has 0 radical (unpaired) electrons. The number of para-hydroxylation sites is 1. The van der Waals surface area contributed by atoms with Crippen molar-refractivity contribution in [1.82, 2.24) is 4.90 Å². The van der Waals surface area contributed by atoms with Crippen molar-refractivity contribution in [3.05, 3.63) is 75.6 Å². The van der Waals surface area contributed by atoms with E-state index < -0.39 is 18.2 Å². The molecule has 0 bridgehead atoms. The second-order valence-electron chi connectivity index (χ2n) is 6.74. The highest BCUT2D eigenvalue weighted by atomic mass is 16.5. The van der Waals surface area contributed by atoms with Crippen molar-refractivity contribution >= 4 is 22.8 Å². The van der Waals surface area contributed by atoms with Crippen molar-refractivity contribution in [3.8, 4) is 5.75 Å². The first-order valence-electron chi connectivity index (χ1n) is 9.19. The van der Waals surface area contributed by atoms with Gasteiger partial charge in [0.1, 0.15) is 5.56 Å². The zero-order valence-electron chi connectivity index (χ0n) is 15.8. The molecule has 4 rings (SSSR count). The number of carbonyl (C=O) groups excluding carboxylic acids is 2. The van der Waals surface area contributed by atoms with E-state index in [0.29, 0.717) is 24.2 Å². The van der Waals surface area contributed by atoms with Crippen molar-refractivity contribution in [3.63, 3.8) is 0 Å². The maximum atomic E-state index is 12.5. The maximum absolute atomic E-state index is 12.5. The van der Waals surface area contributed by atoms with Gasteiger partial charge in [0.15, 0.2) is 17.9 Å². The van der Waals surface area contributed by atoms with Crippen LogP contribution in [0.2, 0.25) is 0 Å². The molecule has 0 unspecified atom stereocenters. The third-order valence-electron chi connectivity index (χ3n) is 4.97. The molecule has 1 aliphatic heterocycles. The molecule has 7 nitrogen and oxygen atoms in total. The quantitative estimate of drug-likeness (QED) is 0.500.